The van der Waals surface area contributed by atoms with Gasteiger partial charge in [0, 0.05) is 23.4 Å². The largest absolute Gasteiger partial charge is 0.342 e. The van der Waals surface area contributed by atoms with Gasteiger partial charge in [0.1, 0.15) is 0 Å². The molecule has 1 atom stereocenters. The summed E-state index contributed by atoms with van der Waals surface area (Å²) in [5, 5.41) is 1.70. The normalized spacial score (nSPS) is 19.5. The van der Waals surface area contributed by atoms with E-state index in [0.29, 0.717) is 17.4 Å². The summed E-state index contributed by atoms with van der Waals surface area (Å²) in [6.45, 7) is 1.79. The number of carbonyl (C=O) groups excluding carboxylic acids is 1. The van der Waals surface area contributed by atoms with Crippen molar-refractivity contribution >= 4 is 33.4 Å². The fraction of sp³-hybridized carbons (Fsp3) is 0.533. The van der Waals surface area contributed by atoms with Crippen molar-refractivity contribution in [2.45, 2.75) is 25.7 Å². The molecule has 1 aliphatic heterocycles. The topological polar surface area (TPSA) is 20.3 Å². The van der Waals surface area contributed by atoms with Crippen LogP contribution >= 0.6 is 27.5 Å². The second-order valence-corrected chi connectivity index (χ2v) is 6.29. The Kier molecular flexibility index (Phi) is 5.71. The minimum absolute atomic E-state index is 0.201. The van der Waals surface area contributed by atoms with Crippen LogP contribution in [0.5, 0.6) is 0 Å². The molecule has 0 radical (unpaired) electrons. The molecule has 1 unspecified atom stereocenters. The van der Waals surface area contributed by atoms with Crippen LogP contribution in [0.2, 0.25) is 5.02 Å². The molecular formula is C15H19BrClNO. The van der Waals surface area contributed by atoms with Gasteiger partial charge in [0.25, 0.3) is 0 Å². The first-order valence-electron chi connectivity index (χ1n) is 6.78. The lowest BCUT2D eigenvalue weighted by atomic mass is 9.95. The minimum atomic E-state index is 0.201. The van der Waals surface area contributed by atoms with Crippen LogP contribution in [0, 0.1) is 5.92 Å². The standard InChI is InChI=1S/C15H19BrClNO/c16-8-7-12-4-3-9-18(11-12)15(19)10-13-5-1-2-6-14(13)17/h1-2,5-6,12H,3-4,7-11H2. The van der Waals surface area contributed by atoms with E-state index in [1.54, 1.807) is 0 Å². The van der Waals surface area contributed by atoms with Crippen LogP contribution in [0.3, 0.4) is 0 Å². The van der Waals surface area contributed by atoms with E-state index in [2.05, 4.69) is 15.9 Å². The summed E-state index contributed by atoms with van der Waals surface area (Å²) >= 11 is 9.59. The van der Waals surface area contributed by atoms with Gasteiger partial charge in [-0.25, -0.2) is 0 Å². The Labute approximate surface area is 128 Å². The van der Waals surface area contributed by atoms with E-state index in [1.165, 1.54) is 6.42 Å². The molecule has 0 bridgehead atoms. The second kappa shape index (κ2) is 7.30. The molecule has 1 aromatic rings. The van der Waals surface area contributed by atoms with Crippen LogP contribution in [0.15, 0.2) is 24.3 Å². The molecule has 1 amide bonds. The molecule has 2 nitrogen and oxygen atoms in total. The summed E-state index contributed by atoms with van der Waals surface area (Å²) in [6, 6.07) is 7.59. The number of alkyl halides is 1. The van der Waals surface area contributed by atoms with E-state index in [9.17, 15) is 4.79 Å². The lowest BCUT2D eigenvalue weighted by Crippen LogP contribution is -2.40. The number of hydrogen-bond acceptors (Lipinski definition) is 1. The fourth-order valence-corrected chi connectivity index (χ4v) is 3.45. The van der Waals surface area contributed by atoms with Crippen molar-refractivity contribution in [2.75, 3.05) is 18.4 Å². The number of hydrogen-bond donors (Lipinski definition) is 0. The first-order chi connectivity index (χ1) is 9.20. The lowest BCUT2D eigenvalue weighted by Gasteiger charge is -2.32. The molecule has 1 aliphatic rings. The van der Waals surface area contributed by atoms with Crippen LogP contribution in [0.4, 0.5) is 0 Å². The Balaban J connectivity index is 1.94. The molecular weight excluding hydrogens is 326 g/mol. The Morgan fingerprint density at radius 2 is 2.21 bits per heavy atom. The Morgan fingerprint density at radius 1 is 1.42 bits per heavy atom. The highest BCUT2D eigenvalue weighted by Crippen LogP contribution is 2.22. The summed E-state index contributed by atoms with van der Waals surface area (Å²) in [5.41, 5.74) is 0.928. The molecule has 104 valence electrons. The van der Waals surface area contributed by atoms with Gasteiger partial charge in [0.2, 0.25) is 5.91 Å². The Bertz CT molecular complexity index is 436. The van der Waals surface area contributed by atoms with Gasteiger partial charge in [-0.3, -0.25) is 4.79 Å². The molecule has 0 N–H and O–H groups in total. The van der Waals surface area contributed by atoms with Crippen molar-refractivity contribution in [1.29, 1.82) is 0 Å². The molecule has 1 saturated heterocycles. The number of rotatable bonds is 4. The van der Waals surface area contributed by atoms with Crippen LogP contribution < -0.4 is 0 Å². The Morgan fingerprint density at radius 3 is 2.95 bits per heavy atom. The molecule has 1 aromatic carbocycles. The smallest absolute Gasteiger partial charge is 0.227 e. The number of carbonyl (C=O) groups is 1. The van der Waals surface area contributed by atoms with Gasteiger partial charge in [-0.05, 0) is 36.8 Å². The van der Waals surface area contributed by atoms with E-state index in [4.69, 9.17) is 11.6 Å². The molecule has 1 fully saturated rings. The molecule has 1 heterocycles. The van der Waals surface area contributed by atoms with Crippen molar-refractivity contribution in [2.24, 2.45) is 5.92 Å². The summed E-state index contributed by atoms with van der Waals surface area (Å²) < 4.78 is 0. The zero-order valence-electron chi connectivity index (χ0n) is 10.9. The third-order valence-corrected chi connectivity index (χ3v) is 4.52. The minimum Gasteiger partial charge on any atom is -0.342 e. The van der Waals surface area contributed by atoms with Crippen LogP contribution in [0.25, 0.3) is 0 Å². The third-order valence-electron chi connectivity index (χ3n) is 3.69. The van der Waals surface area contributed by atoms with Crippen LogP contribution in [-0.2, 0) is 11.2 Å². The predicted molar refractivity (Wildman–Crippen MR) is 82.9 cm³/mol. The molecule has 4 heteroatoms. The molecule has 0 saturated carbocycles. The van der Waals surface area contributed by atoms with Crippen LogP contribution in [0.1, 0.15) is 24.8 Å². The number of halogens is 2. The second-order valence-electron chi connectivity index (χ2n) is 5.09. The SMILES string of the molecule is O=C(Cc1ccccc1Cl)N1CCCC(CCBr)C1. The van der Waals surface area contributed by atoms with Gasteiger partial charge in [0.05, 0.1) is 6.42 Å². The van der Waals surface area contributed by atoms with E-state index in [-0.39, 0.29) is 5.91 Å². The van der Waals surface area contributed by atoms with Gasteiger partial charge in [-0.1, -0.05) is 45.7 Å². The highest BCUT2D eigenvalue weighted by molar-refractivity contribution is 9.09. The van der Waals surface area contributed by atoms with E-state index >= 15 is 0 Å². The first kappa shape index (κ1) is 14.9. The number of nitrogens with zero attached hydrogens (tertiary/aromatic N) is 1. The zero-order valence-corrected chi connectivity index (χ0v) is 13.3. The Hall–Kier alpha value is -0.540. The predicted octanol–water partition coefficient (Wildman–Crippen LogP) is 3.91. The van der Waals surface area contributed by atoms with Gasteiger partial charge in [-0.2, -0.15) is 0 Å². The molecule has 0 aromatic heterocycles. The first-order valence-corrected chi connectivity index (χ1v) is 8.28. The fourth-order valence-electron chi connectivity index (χ4n) is 2.60. The number of amides is 1. The van der Waals surface area contributed by atoms with Crippen molar-refractivity contribution in [3.8, 4) is 0 Å². The lowest BCUT2D eigenvalue weighted by molar-refractivity contribution is -0.132. The van der Waals surface area contributed by atoms with E-state index < -0.39 is 0 Å². The summed E-state index contributed by atoms with van der Waals surface area (Å²) in [7, 11) is 0. The van der Waals surface area contributed by atoms with Crippen molar-refractivity contribution in [3.05, 3.63) is 34.9 Å². The number of benzene rings is 1. The van der Waals surface area contributed by atoms with Gasteiger partial charge >= 0.3 is 0 Å². The maximum atomic E-state index is 12.3. The number of likely N-dealkylation sites (tertiary alicyclic amines) is 1. The molecule has 19 heavy (non-hydrogen) atoms. The zero-order chi connectivity index (χ0) is 13.7. The van der Waals surface area contributed by atoms with Gasteiger partial charge in [-0.15, -0.1) is 0 Å². The molecule has 0 spiro atoms. The summed E-state index contributed by atoms with van der Waals surface area (Å²) in [4.78, 5) is 14.3. The maximum absolute atomic E-state index is 12.3. The van der Waals surface area contributed by atoms with E-state index in [0.717, 1.165) is 36.8 Å². The van der Waals surface area contributed by atoms with E-state index in [1.807, 2.05) is 29.2 Å². The molecule has 2 rings (SSSR count). The van der Waals surface area contributed by atoms with Crippen molar-refractivity contribution in [3.63, 3.8) is 0 Å². The molecule has 0 aliphatic carbocycles. The highest BCUT2D eigenvalue weighted by Gasteiger charge is 2.23. The van der Waals surface area contributed by atoms with Gasteiger partial charge < -0.3 is 4.90 Å². The average molecular weight is 345 g/mol. The van der Waals surface area contributed by atoms with Gasteiger partial charge in [0.15, 0.2) is 0 Å². The summed E-state index contributed by atoms with van der Waals surface area (Å²) in [6.07, 6.45) is 3.92. The summed E-state index contributed by atoms with van der Waals surface area (Å²) in [5.74, 6) is 0.843. The third kappa shape index (κ3) is 4.22. The highest BCUT2D eigenvalue weighted by atomic mass is 79.9. The van der Waals surface area contributed by atoms with Crippen LogP contribution in [-0.4, -0.2) is 29.2 Å². The number of piperidine rings is 1. The monoisotopic (exact) mass is 343 g/mol. The van der Waals surface area contributed by atoms with Crippen molar-refractivity contribution < 1.29 is 4.79 Å². The van der Waals surface area contributed by atoms with Crippen molar-refractivity contribution in [1.82, 2.24) is 4.90 Å². The quantitative estimate of drug-likeness (QED) is 0.758. The average Bonchev–Trinajstić information content (AvgIpc) is 2.42. The maximum Gasteiger partial charge on any atom is 0.227 e.